The summed E-state index contributed by atoms with van der Waals surface area (Å²) >= 11 is 0. The molecule has 0 saturated carbocycles. The molecule has 1 aromatic rings. The fourth-order valence-electron chi connectivity index (χ4n) is 0.936. The van der Waals surface area contributed by atoms with E-state index in [1.165, 1.54) is 0 Å². The fourth-order valence-corrected chi connectivity index (χ4v) is 0.936. The summed E-state index contributed by atoms with van der Waals surface area (Å²) in [6.07, 6.45) is 2.65. The zero-order valence-electron chi connectivity index (χ0n) is 7.95. The molecular formula is C9H16N2O2. The maximum absolute atomic E-state index is 5.30. The largest absolute Gasteiger partial charge is 0.380 e. The lowest BCUT2D eigenvalue weighted by molar-refractivity contribution is 0.136. The Balaban J connectivity index is 1.90. The van der Waals surface area contributed by atoms with Crippen LogP contribution in [0.5, 0.6) is 0 Å². The molecule has 1 aromatic heterocycles. The van der Waals surface area contributed by atoms with Gasteiger partial charge in [0.25, 0.3) is 0 Å². The van der Waals surface area contributed by atoms with Crippen LogP contribution in [-0.2, 0) is 11.3 Å². The summed E-state index contributed by atoms with van der Waals surface area (Å²) in [7, 11) is 0. The van der Waals surface area contributed by atoms with E-state index in [0.29, 0.717) is 0 Å². The van der Waals surface area contributed by atoms with Crippen molar-refractivity contribution in [2.75, 3.05) is 19.8 Å². The van der Waals surface area contributed by atoms with Crippen LogP contribution in [0.4, 0.5) is 0 Å². The Morgan fingerprint density at radius 3 is 3.15 bits per heavy atom. The number of nitrogens with one attached hydrogen (secondary N) is 1. The Hall–Kier alpha value is -0.870. The third-order valence-corrected chi connectivity index (χ3v) is 1.57. The van der Waals surface area contributed by atoms with Crippen LogP contribution in [0, 0.1) is 0 Å². The molecule has 4 heteroatoms. The second-order valence-corrected chi connectivity index (χ2v) is 2.78. The molecule has 0 unspecified atom stereocenters. The molecule has 0 spiro atoms. The molecule has 0 aliphatic carbocycles. The lowest BCUT2D eigenvalue weighted by atomic mass is 10.4. The molecule has 0 aromatic carbocycles. The number of nitrogens with zero attached hydrogens (tertiary/aromatic N) is 1. The number of ether oxygens (including phenoxy) is 1. The predicted octanol–water partition coefficient (Wildman–Crippen LogP) is 1.19. The van der Waals surface area contributed by atoms with E-state index in [2.05, 4.69) is 21.9 Å². The lowest BCUT2D eigenvalue weighted by Gasteiger charge is -2.02. The van der Waals surface area contributed by atoms with Gasteiger partial charge in [-0.3, -0.25) is 0 Å². The molecule has 0 atom stereocenters. The molecule has 0 fully saturated rings. The van der Waals surface area contributed by atoms with Crippen molar-refractivity contribution in [3.63, 3.8) is 0 Å². The van der Waals surface area contributed by atoms with Gasteiger partial charge in [-0.05, 0) is 6.42 Å². The van der Waals surface area contributed by atoms with Crippen molar-refractivity contribution in [3.05, 3.63) is 18.0 Å². The van der Waals surface area contributed by atoms with Crippen LogP contribution in [0.3, 0.4) is 0 Å². The van der Waals surface area contributed by atoms with Gasteiger partial charge in [-0.2, -0.15) is 0 Å². The van der Waals surface area contributed by atoms with Gasteiger partial charge in [0.1, 0.15) is 6.26 Å². The van der Waals surface area contributed by atoms with Crippen LogP contribution in [-0.4, -0.2) is 24.9 Å². The summed E-state index contributed by atoms with van der Waals surface area (Å²) in [5.74, 6) is 0. The third-order valence-electron chi connectivity index (χ3n) is 1.57. The van der Waals surface area contributed by atoms with E-state index in [1.54, 1.807) is 6.26 Å². The Morgan fingerprint density at radius 1 is 1.54 bits per heavy atom. The second kappa shape index (κ2) is 6.62. The zero-order valence-corrected chi connectivity index (χ0v) is 7.95. The third kappa shape index (κ3) is 4.65. The molecule has 0 bridgehead atoms. The zero-order chi connectivity index (χ0) is 9.36. The highest BCUT2D eigenvalue weighted by atomic mass is 16.5. The van der Waals surface area contributed by atoms with Crippen LogP contribution in [0.25, 0.3) is 0 Å². The van der Waals surface area contributed by atoms with Crippen LogP contribution < -0.4 is 5.32 Å². The van der Waals surface area contributed by atoms with Crippen molar-refractivity contribution in [2.45, 2.75) is 19.9 Å². The lowest BCUT2D eigenvalue weighted by Crippen LogP contribution is -2.19. The molecule has 0 aliphatic rings. The molecular weight excluding hydrogens is 168 g/mol. The minimum Gasteiger partial charge on any atom is -0.380 e. The number of aromatic nitrogens is 1. The monoisotopic (exact) mass is 184 g/mol. The molecule has 4 nitrogen and oxygen atoms in total. The van der Waals surface area contributed by atoms with E-state index in [-0.39, 0.29) is 0 Å². The molecule has 1 N–H and O–H groups in total. The van der Waals surface area contributed by atoms with Gasteiger partial charge in [-0.25, -0.2) is 0 Å². The second-order valence-electron chi connectivity index (χ2n) is 2.78. The smallest absolute Gasteiger partial charge is 0.124 e. The minimum absolute atomic E-state index is 0.742. The summed E-state index contributed by atoms with van der Waals surface area (Å²) < 4.78 is 9.98. The Labute approximate surface area is 78.2 Å². The highest BCUT2D eigenvalue weighted by Crippen LogP contribution is 1.91. The molecule has 0 radical (unpaired) electrons. The average Bonchev–Trinajstić information content (AvgIpc) is 2.63. The number of hydrogen-bond acceptors (Lipinski definition) is 4. The van der Waals surface area contributed by atoms with Gasteiger partial charge >= 0.3 is 0 Å². The standard InChI is InChI=1S/C9H16N2O2/c1-2-5-12-7-4-10-8-9-3-6-13-11-9/h3,6,10H,2,4-5,7-8H2,1H3. The van der Waals surface area contributed by atoms with E-state index in [4.69, 9.17) is 4.74 Å². The first kappa shape index (κ1) is 10.2. The maximum atomic E-state index is 5.30. The molecule has 1 rings (SSSR count). The van der Waals surface area contributed by atoms with Crippen molar-refractivity contribution < 1.29 is 9.26 Å². The fraction of sp³-hybridized carbons (Fsp3) is 0.667. The normalized spacial score (nSPS) is 10.5. The molecule has 13 heavy (non-hydrogen) atoms. The summed E-state index contributed by atoms with van der Waals surface area (Å²) in [5, 5.41) is 6.97. The van der Waals surface area contributed by atoms with Gasteiger partial charge in [0.2, 0.25) is 0 Å². The first-order valence-corrected chi connectivity index (χ1v) is 4.61. The quantitative estimate of drug-likeness (QED) is 0.647. The first-order chi connectivity index (χ1) is 6.43. The molecule has 0 amide bonds. The Bertz CT molecular complexity index is 199. The van der Waals surface area contributed by atoms with Crippen molar-refractivity contribution in [1.29, 1.82) is 0 Å². The van der Waals surface area contributed by atoms with Crippen LogP contribution in [0.2, 0.25) is 0 Å². The van der Waals surface area contributed by atoms with Crippen LogP contribution in [0.1, 0.15) is 19.0 Å². The van der Waals surface area contributed by atoms with Crippen molar-refractivity contribution in [2.24, 2.45) is 0 Å². The van der Waals surface area contributed by atoms with Gasteiger partial charge in [0, 0.05) is 25.8 Å². The van der Waals surface area contributed by atoms with Gasteiger partial charge < -0.3 is 14.6 Å². The van der Waals surface area contributed by atoms with Gasteiger partial charge in [-0.1, -0.05) is 12.1 Å². The number of rotatable bonds is 7. The predicted molar refractivity (Wildman–Crippen MR) is 49.3 cm³/mol. The van der Waals surface area contributed by atoms with E-state index < -0.39 is 0 Å². The SMILES string of the molecule is CCCOCCNCc1ccon1. The topological polar surface area (TPSA) is 47.3 Å². The summed E-state index contributed by atoms with van der Waals surface area (Å²) in [4.78, 5) is 0. The van der Waals surface area contributed by atoms with Gasteiger partial charge in [-0.15, -0.1) is 0 Å². The Morgan fingerprint density at radius 2 is 2.46 bits per heavy atom. The molecule has 0 saturated heterocycles. The van der Waals surface area contributed by atoms with E-state index >= 15 is 0 Å². The van der Waals surface area contributed by atoms with Crippen molar-refractivity contribution in [1.82, 2.24) is 10.5 Å². The molecule has 1 heterocycles. The average molecular weight is 184 g/mol. The number of hydrogen-bond donors (Lipinski definition) is 1. The molecule has 0 aliphatic heterocycles. The first-order valence-electron chi connectivity index (χ1n) is 4.61. The summed E-state index contributed by atoms with van der Waals surface area (Å²) in [6, 6.07) is 1.85. The summed E-state index contributed by atoms with van der Waals surface area (Å²) in [5.41, 5.74) is 0.926. The Kier molecular flexibility index (Phi) is 5.20. The van der Waals surface area contributed by atoms with E-state index in [9.17, 15) is 0 Å². The minimum atomic E-state index is 0.742. The highest BCUT2D eigenvalue weighted by molar-refractivity contribution is 4.93. The molecule has 74 valence electrons. The van der Waals surface area contributed by atoms with Crippen LogP contribution in [0.15, 0.2) is 16.9 Å². The van der Waals surface area contributed by atoms with Crippen molar-refractivity contribution >= 4 is 0 Å². The van der Waals surface area contributed by atoms with Crippen LogP contribution >= 0.6 is 0 Å². The van der Waals surface area contributed by atoms with Gasteiger partial charge in [0.05, 0.1) is 12.3 Å². The summed E-state index contributed by atoms with van der Waals surface area (Å²) in [6.45, 7) is 5.29. The maximum Gasteiger partial charge on any atom is 0.124 e. The van der Waals surface area contributed by atoms with E-state index in [0.717, 1.165) is 38.4 Å². The van der Waals surface area contributed by atoms with E-state index in [1.807, 2.05) is 6.07 Å². The van der Waals surface area contributed by atoms with Gasteiger partial charge in [0.15, 0.2) is 0 Å². The highest BCUT2D eigenvalue weighted by Gasteiger charge is 1.94. The van der Waals surface area contributed by atoms with Crippen molar-refractivity contribution in [3.8, 4) is 0 Å².